The molecular formula is C14H28N2O3. The van der Waals surface area contributed by atoms with E-state index >= 15 is 0 Å². The molecule has 1 fully saturated rings. The lowest BCUT2D eigenvalue weighted by molar-refractivity contribution is 0.0184. The quantitative estimate of drug-likeness (QED) is 0.776. The molecule has 0 unspecified atom stereocenters. The number of nitrogens with zero attached hydrogens (tertiary/aromatic N) is 1. The van der Waals surface area contributed by atoms with Gasteiger partial charge in [0.2, 0.25) is 0 Å². The zero-order valence-electron chi connectivity index (χ0n) is 12.7. The van der Waals surface area contributed by atoms with Crippen LogP contribution in [0.2, 0.25) is 0 Å². The summed E-state index contributed by atoms with van der Waals surface area (Å²) in [6, 6.07) is 0. The van der Waals surface area contributed by atoms with E-state index in [2.05, 4.69) is 5.32 Å². The Bertz CT molecular complexity index is 268. The molecule has 0 saturated carbocycles. The Morgan fingerprint density at radius 2 is 1.95 bits per heavy atom. The molecule has 1 aliphatic rings. The van der Waals surface area contributed by atoms with Crippen molar-refractivity contribution >= 4 is 6.09 Å². The second-order valence-corrected chi connectivity index (χ2v) is 6.11. The van der Waals surface area contributed by atoms with E-state index in [4.69, 9.17) is 9.47 Å². The van der Waals surface area contributed by atoms with Gasteiger partial charge in [0.05, 0.1) is 6.61 Å². The highest BCUT2D eigenvalue weighted by Crippen LogP contribution is 2.19. The lowest BCUT2D eigenvalue weighted by Crippen LogP contribution is -2.43. The largest absolute Gasteiger partial charge is 0.444 e. The predicted molar refractivity (Wildman–Crippen MR) is 75.3 cm³/mol. The van der Waals surface area contributed by atoms with Gasteiger partial charge >= 0.3 is 6.09 Å². The summed E-state index contributed by atoms with van der Waals surface area (Å²) in [6.07, 6.45) is 1.90. The topological polar surface area (TPSA) is 50.8 Å². The minimum absolute atomic E-state index is 0.182. The molecule has 0 spiro atoms. The third kappa shape index (κ3) is 6.78. The molecule has 0 atom stereocenters. The van der Waals surface area contributed by atoms with Gasteiger partial charge in [-0.05, 0) is 46.1 Å². The summed E-state index contributed by atoms with van der Waals surface area (Å²) in [5.41, 5.74) is -0.407. The van der Waals surface area contributed by atoms with E-state index in [1.165, 1.54) is 0 Å². The van der Waals surface area contributed by atoms with Crippen LogP contribution < -0.4 is 5.32 Å². The monoisotopic (exact) mass is 272 g/mol. The van der Waals surface area contributed by atoms with Crippen molar-refractivity contribution in [2.45, 2.75) is 39.2 Å². The van der Waals surface area contributed by atoms with E-state index < -0.39 is 5.60 Å². The van der Waals surface area contributed by atoms with Crippen LogP contribution in [0.4, 0.5) is 4.79 Å². The number of methoxy groups -OCH3 is 1. The number of likely N-dealkylation sites (tertiary alicyclic amines) is 1. The molecule has 19 heavy (non-hydrogen) atoms. The molecule has 0 aromatic heterocycles. The molecule has 1 N–H and O–H groups in total. The van der Waals surface area contributed by atoms with Gasteiger partial charge in [-0.25, -0.2) is 4.79 Å². The molecule has 0 aromatic carbocycles. The first-order chi connectivity index (χ1) is 8.92. The number of hydrogen-bond acceptors (Lipinski definition) is 4. The average Bonchev–Trinajstić information content (AvgIpc) is 2.33. The number of carbonyl (C=O) groups excluding carboxylic acids is 1. The van der Waals surface area contributed by atoms with Gasteiger partial charge in [-0.3, -0.25) is 0 Å². The number of piperidine rings is 1. The maximum absolute atomic E-state index is 11.9. The van der Waals surface area contributed by atoms with Crippen LogP contribution in [-0.4, -0.2) is 56.5 Å². The molecule has 5 nitrogen and oxygen atoms in total. The summed E-state index contributed by atoms with van der Waals surface area (Å²) in [6.45, 7) is 9.94. The van der Waals surface area contributed by atoms with Crippen LogP contribution in [0.3, 0.4) is 0 Å². The third-order valence-electron chi connectivity index (χ3n) is 3.18. The van der Waals surface area contributed by atoms with Crippen LogP contribution in [0.1, 0.15) is 33.6 Å². The van der Waals surface area contributed by atoms with Crippen molar-refractivity contribution in [3.05, 3.63) is 0 Å². The zero-order chi connectivity index (χ0) is 14.3. The van der Waals surface area contributed by atoms with E-state index in [0.29, 0.717) is 5.92 Å². The molecule has 112 valence electrons. The van der Waals surface area contributed by atoms with E-state index in [1.54, 1.807) is 7.11 Å². The summed E-state index contributed by atoms with van der Waals surface area (Å²) in [7, 11) is 1.71. The smallest absolute Gasteiger partial charge is 0.410 e. The predicted octanol–water partition coefficient (Wildman–Crippen LogP) is 1.87. The standard InChI is InChI=1S/C14H28N2O3/c1-14(2,3)19-13(17)16-8-5-12(6-9-16)11-15-7-10-18-4/h12,15H,5-11H2,1-4H3. The van der Waals surface area contributed by atoms with Crippen LogP contribution >= 0.6 is 0 Å². The fraction of sp³-hybridized carbons (Fsp3) is 0.929. The first kappa shape index (κ1) is 16.2. The second-order valence-electron chi connectivity index (χ2n) is 6.11. The summed E-state index contributed by atoms with van der Waals surface area (Å²) in [5, 5.41) is 3.38. The van der Waals surface area contributed by atoms with Crippen molar-refractivity contribution in [3.63, 3.8) is 0 Å². The van der Waals surface area contributed by atoms with Crippen molar-refractivity contribution in [1.82, 2.24) is 10.2 Å². The zero-order valence-corrected chi connectivity index (χ0v) is 12.7. The Labute approximate surface area is 116 Å². The first-order valence-corrected chi connectivity index (χ1v) is 7.10. The molecule has 1 aliphatic heterocycles. The van der Waals surface area contributed by atoms with E-state index in [1.807, 2.05) is 25.7 Å². The molecule has 1 amide bonds. The van der Waals surface area contributed by atoms with Gasteiger partial charge in [0.15, 0.2) is 0 Å². The summed E-state index contributed by atoms with van der Waals surface area (Å²) in [4.78, 5) is 13.7. The Balaban J connectivity index is 2.19. The van der Waals surface area contributed by atoms with E-state index in [0.717, 1.165) is 45.6 Å². The van der Waals surface area contributed by atoms with Crippen molar-refractivity contribution < 1.29 is 14.3 Å². The van der Waals surface area contributed by atoms with Crippen LogP contribution in [0, 0.1) is 5.92 Å². The van der Waals surface area contributed by atoms with Gasteiger partial charge < -0.3 is 19.7 Å². The van der Waals surface area contributed by atoms with Crippen LogP contribution in [0.15, 0.2) is 0 Å². The molecular weight excluding hydrogens is 244 g/mol. The van der Waals surface area contributed by atoms with Gasteiger partial charge in [0.25, 0.3) is 0 Å². The fourth-order valence-corrected chi connectivity index (χ4v) is 2.13. The van der Waals surface area contributed by atoms with Gasteiger partial charge in [-0.15, -0.1) is 0 Å². The van der Waals surface area contributed by atoms with Crippen LogP contribution in [0.25, 0.3) is 0 Å². The Kier molecular flexibility index (Phi) is 6.58. The van der Waals surface area contributed by atoms with Crippen LogP contribution in [-0.2, 0) is 9.47 Å². The van der Waals surface area contributed by atoms with Gasteiger partial charge in [-0.2, -0.15) is 0 Å². The van der Waals surface area contributed by atoms with Crippen molar-refractivity contribution in [2.24, 2.45) is 5.92 Å². The summed E-state index contributed by atoms with van der Waals surface area (Å²) >= 11 is 0. The Morgan fingerprint density at radius 3 is 2.47 bits per heavy atom. The highest BCUT2D eigenvalue weighted by Gasteiger charge is 2.26. The van der Waals surface area contributed by atoms with Gasteiger partial charge in [-0.1, -0.05) is 0 Å². The maximum atomic E-state index is 11.9. The third-order valence-corrected chi connectivity index (χ3v) is 3.18. The molecule has 1 saturated heterocycles. The molecule has 5 heteroatoms. The van der Waals surface area contributed by atoms with Crippen molar-refractivity contribution in [1.29, 1.82) is 0 Å². The Hall–Kier alpha value is -0.810. The Morgan fingerprint density at radius 1 is 1.32 bits per heavy atom. The van der Waals surface area contributed by atoms with Gasteiger partial charge in [0, 0.05) is 26.7 Å². The number of nitrogens with one attached hydrogen (secondary N) is 1. The molecule has 0 bridgehead atoms. The minimum atomic E-state index is -0.407. The fourth-order valence-electron chi connectivity index (χ4n) is 2.13. The SMILES string of the molecule is COCCNCC1CCN(C(=O)OC(C)(C)C)CC1. The number of carbonyl (C=O) groups is 1. The van der Waals surface area contributed by atoms with Crippen LogP contribution in [0.5, 0.6) is 0 Å². The molecule has 0 aromatic rings. The molecule has 0 radical (unpaired) electrons. The normalized spacial score (nSPS) is 17.6. The van der Waals surface area contributed by atoms with E-state index in [9.17, 15) is 4.79 Å². The first-order valence-electron chi connectivity index (χ1n) is 7.10. The van der Waals surface area contributed by atoms with Gasteiger partial charge in [0.1, 0.15) is 5.60 Å². The minimum Gasteiger partial charge on any atom is -0.444 e. The highest BCUT2D eigenvalue weighted by molar-refractivity contribution is 5.68. The summed E-state index contributed by atoms with van der Waals surface area (Å²) < 4.78 is 10.4. The highest BCUT2D eigenvalue weighted by atomic mass is 16.6. The van der Waals surface area contributed by atoms with Crippen molar-refractivity contribution in [2.75, 3.05) is 39.9 Å². The maximum Gasteiger partial charge on any atom is 0.410 e. The molecule has 1 heterocycles. The second kappa shape index (κ2) is 7.70. The molecule has 1 rings (SSSR count). The average molecular weight is 272 g/mol. The van der Waals surface area contributed by atoms with E-state index in [-0.39, 0.29) is 6.09 Å². The molecule has 0 aliphatic carbocycles. The lowest BCUT2D eigenvalue weighted by atomic mass is 9.97. The number of amides is 1. The number of hydrogen-bond donors (Lipinski definition) is 1. The summed E-state index contributed by atoms with van der Waals surface area (Å²) in [5.74, 6) is 0.649. The number of rotatable bonds is 5. The number of ether oxygens (including phenoxy) is 2. The van der Waals surface area contributed by atoms with Crippen molar-refractivity contribution in [3.8, 4) is 0 Å². The lowest BCUT2D eigenvalue weighted by Gasteiger charge is -2.33.